The van der Waals surface area contributed by atoms with Crippen LogP contribution in [-0.2, 0) is 11.2 Å². The van der Waals surface area contributed by atoms with Gasteiger partial charge >= 0.3 is 0 Å². The van der Waals surface area contributed by atoms with Gasteiger partial charge in [0.15, 0.2) is 5.65 Å². The van der Waals surface area contributed by atoms with Crippen LogP contribution in [0.1, 0.15) is 30.1 Å². The first-order chi connectivity index (χ1) is 11.7. The lowest BCUT2D eigenvalue weighted by molar-refractivity contribution is -0.130. The summed E-state index contributed by atoms with van der Waals surface area (Å²) in [5.41, 5.74) is 2.95. The van der Waals surface area contributed by atoms with Crippen LogP contribution in [0.5, 0.6) is 0 Å². The monoisotopic (exact) mass is 320 g/mol. The Morgan fingerprint density at radius 1 is 1.25 bits per heavy atom. The highest BCUT2D eigenvalue weighted by Crippen LogP contribution is 2.44. The fourth-order valence-corrected chi connectivity index (χ4v) is 3.27. The summed E-state index contributed by atoms with van der Waals surface area (Å²) < 4.78 is 0. The van der Waals surface area contributed by atoms with Gasteiger partial charge in [-0.3, -0.25) is 4.79 Å². The lowest BCUT2D eigenvalue weighted by Crippen LogP contribution is -2.30. The Kier molecular flexibility index (Phi) is 3.76. The maximum absolute atomic E-state index is 12.5. The van der Waals surface area contributed by atoms with E-state index in [1.54, 1.807) is 6.20 Å². The van der Waals surface area contributed by atoms with Crippen LogP contribution in [0.25, 0.3) is 11.2 Å². The average molecular weight is 320 g/mol. The van der Waals surface area contributed by atoms with Crippen molar-refractivity contribution in [2.45, 2.75) is 31.2 Å². The van der Waals surface area contributed by atoms with Crippen LogP contribution in [0.2, 0.25) is 0 Å². The third-order valence-corrected chi connectivity index (χ3v) is 4.76. The number of carbonyl (C=O) groups is 1. The Morgan fingerprint density at radius 3 is 2.88 bits per heavy atom. The van der Waals surface area contributed by atoms with E-state index in [0.29, 0.717) is 30.4 Å². The molecule has 0 radical (unpaired) electrons. The predicted octanol–water partition coefficient (Wildman–Crippen LogP) is 2.91. The zero-order valence-corrected chi connectivity index (χ0v) is 13.6. The summed E-state index contributed by atoms with van der Waals surface area (Å²) in [6, 6.07) is 14.6. The number of pyridine rings is 1. The number of imidazole rings is 1. The molecule has 2 atom stereocenters. The summed E-state index contributed by atoms with van der Waals surface area (Å²) in [6.07, 6.45) is 3.86. The quantitative estimate of drug-likeness (QED) is 0.786. The maximum Gasteiger partial charge on any atom is 0.223 e. The van der Waals surface area contributed by atoms with Crippen LogP contribution in [-0.4, -0.2) is 38.8 Å². The number of benzene rings is 1. The minimum Gasteiger partial charge on any atom is -0.342 e. The molecule has 3 aromatic rings. The van der Waals surface area contributed by atoms with E-state index in [0.717, 1.165) is 17.8 Å². The number of fused-ring (bicyclic) bond motifs is 1. The number of aromatic nitrogens is 3. The molecule has 1 aliphatic rings. The number of hydrogen-bond acceptors (Lipinski definition) is 3. The summed E-state index contributed by atoms with van der Waals surface area (Å²) in [7, 11) is 1.91. The first-order valence-electron chi connectivity index (χ1n) is 8.32. The third-order valence-electron chi connectivity index (χ3n) is 4.76. The highest BCUT2D eigenvalue weighted by molar-refractivity contribution is 5.77. The number of nitrogens with one attached hydrogen (secondary N) is 1. The van der Waals surface area contributed by atoms with E-state index >= 15 is 0 Å². The zero-order chi connectivity index (χ0) is 16.5. The molecule has 1 saturated carbocycles. The summed E-state index contributed by atoms with van der Waals surface area (Å²) >= 11 is 0. The van der Waals surface area contributed by atoms with Crippen molar-refractivity contribution < 1.29 is 4.79 Å². The number of rotatable bonds is 5. The average Bonchev–Trinajstić information content (AvgIpc) is 3.31. The third kappa shape index (κ3) is 2.89. The number of likely N-dealkylation sites (N-methyl/N-ethyl adjacent to an activating group) is 1. The molecule has 1 amide bonds. The van der Waals surface area contributed by atoms with Crippen molar-refractivity contribution in [1.29, 1.82) is 0 Å². The number of aromatic amines is 1. The van der Waals surface area contributed by atoms with Gasteiger partial charge in [0.2, 0.25) is 5.91 Å². The number of aryl methyl sites for hydroxylation is 1. The topological polar surface area (TPSA) is 61.9 Å². The van der Waals surface area contributed by atoms with Crippen molar-refractivity contribution in [3.05, 3.63) is 60.0 Å². The molecular formula is C19H20N4O. The smallest absolute Gasteiger partial charge is 0.223 e. The molecule has 1 aliphatic carbocycles. The molecule has 2 aromatic heterocycles. The Labute approximate surface area is 140 Å². The fourth-order valence-electron chi connectivity index (χ4n) is 3.27. The number of H-pyrrole nitrogens is 1. The molecule has 0 spiro atoms. The van der Waals surface area contributed by atoms with Crippen molar-refractivity contribution in [2.75, 3.05) is 7.05 Å². The Bertz CT molecular complexity index is 825. The molecule has 0 bridgehead atoms. The molecular weight excluding hydrogens is 300 g/mol. The van der Waals surface area contributed by atoms with Crippen LogP contribution < -0.4 is 0 Å². The minimum absolute atomic E-state index is 0.173. The van der Waals surface area contributed by atoms with Crippen LogP contribution in [0, 0.1) is 0 Å². The lowest BCUT2D eigenvalue weighted by atomic mass is 10.1. The summed E-state index contributed by atoms with van der Waals surface area (Å²) in [6.45, 7) is 0. The second-order valence-corrected chi connectivity index (χ2v) is 6.38. The van der Waals surface area contributed by atoms with Crippen LogP contribution in [0.4, 0.5) is 0 Å². The number of nitrogens with zero attached hydrogens (tertiary/aromatic N) is 3. The molecule has 2 heterocycles. The normalized spacial score (nSPS) is 19.4. The Hall–Kier alpha value is -2.69. The Morgan fingerprint density at radius 2 is 2.08 bits per heavy atom. The van der Waals surface area contributed by atoms with E-state index < -0.39 is 0 Å². The van der Waals surface area contributed by atoms with Gasteiger partial charge in [-0.2, -0.15) is 0 Å². The summed E-state index contributed by atoms with van der Waals surface area (Å²) in [4.78, 5) is 26.2. The second kappa shape index (κ2) is 6.07. The number of carbonyl (C=O) groups excluding carboxylic acids is 1. The van der Waals surface area contributed by atoms with Gasteiger partial charge < -0.3 is 9.88 Å². The highest BCUT2D eigenvalue weighted by Gasteiger charge is 2.42. The molecule has 4 rings (SSSR count). The minimum atomic E-state index is 0.173. The van der Waals surface area contributed by atoms with Gasteiger partial charge in [0.1, 0.15) is 5.82 Å². The van der Waals surface area contributed by atoms with Crippen molar-refractivity contribution >= 4 is 17.1 Å². The van der Waals surface area contributed by atoms with Crippen molar-refractivity contribution in [3.8, 4) is 0 Å². The van der Waals surface area contributed by atoms with Gasteiger partial charge in [-0.15, -0.1) is 0 Å². The standard InChI is InChI=1S/C19H20N4O/c1-23(16-12-14(16)13-6-3-2-4-7-13)18(24)10-9-17-21-15-8-5-11-20-19(15)22-17/h2-8,11,14,16H,9-10,12H2,1H3,(H,20,21,22). The number of amides is 1. The molecule has 1 N–H and O–H groups in total. The number of hydrogen-bond donors (Lipinski definition) is 1. The van der Waals surface area contributed by atoms with Gasteiger partial charge in [0.25, 0.3) is 0 Å². The SMILES string of the molecule is CN(C(=O)CCc1nc2ncccc2[nH]1)C1CC1c1ccccc1. The van der Waals surface area contributed by atoms with Gasteiger partial charge in [-0.1, -0.05) is 30.3 Å². The second-order valence-electron chi connectivity index (χ2n) is 6.38. The van der Waals surface area contributed by atoms with E-state index in [1.807, 2.05) is 30.1 Å². The predicted molar refractivity (Wildman–Crippen MR) is 92.6 cm³/mol. The van der Waals surface area contributed by atoms with Gasteiger partial charge in [-0.05, 0) is 24.1 Å². The van der Waals surface area contributed by atoms with Crippen LogP contribution in [0.3, 0.4) is 0 Å². The van der Waals surface area contributed by atoms with Crippen molar-refractivity contribution in [1.82, 2.24) is 19.9 Å². The highest BCUT2D eigenvalue weighted by atomic mass is 16.2. The first-order valence-corrected chi connectivity index (χ1v) is 8.32. The molecule has 2 unspecified atom stereocenters. The van der Waals surface area contributed by atoms with E-state index in [4.69, 9.17) is 0 Å². The molecule has 1 fully saturated rings. The van der Waals surface area contributed by atoms with E-state index in [-0.39, 0.29) is 5.91 Å². The molecule has 0 aliphatic heterocycles. The molecule has 24 heavy (non-hydrogen) atoms. The summed E-state index contributed by atoms with van der Waals surface area (Å²) in [5, 5.41) is 0. The molecule has 122 valence electrons. The van der Waals surface area contributed by atoms with Crippen molar-refractivity contribution in [2.24, 2.45) is 0 Å². The largest absolute Gasteiger partial charge is 0.342 e. The van der Waals surface area contributed by atoms with E-state index in [2.05, 4.69) is 39.2 Å². The molecule has 5 heteroatoms. The summed E-state index contributed by atoms with van der Waals surface area (Å²) in [5.74, 6) is 1.48. The van der Waals surface area contributed by atoms with Crippen LogP contribution in [0.15, 0.2) is 48.7 Å². The Balaban J connectivity index is 1.35. The van der Waals surface area contributed by atoms with Crippen molar-refractivity contribution in [3.63, 3.8) is 0 Å². The zero-order valence-electron chi connectivity index (χ0n) is 13.6. The maximum atomic E-state index is 12.5. The first kappa shape index (κ1) is 14.9. The molecule has 1 aromatic carbocycles. The van der Waals surface area contributed by atoms with Gasteiger partial charge in [-0.25, -0.2) is 9.97 Å². The van der Waals surface area contributed by atoms with E-state index in [9.17, 15) is 4.79 Å². The van der Waals surface area contributed by atoms with Crippen LogP contribution >= 0.6 is 0 Å². The lowest BCUT2D eigenvalue weighted by Gasteiger charge is -2.17. The fraction of sp³-hybridized carbons (Fsp3) is 0.316. The molecule has 0 saturated heterocycles. The van der Waals surface area contributed by atoms with E-state index in [1.165, 1.54) is 5.56 Å². The van der Waals surface area contributed by atoms with Gasteiger partial charge in [0.05, 0.1) is 5.52 Å². The van der Waals surface area contributed by atoms with Gasteiger partial charge in [0, 0.05) is 38.0 Å². The molecule has 5 nitrogen and oxygen atoms in total.